The lowest BCUT2D eigenvalue weighted by Crippen LogP contribution is -2.30. The Bertz CT molecular complexity index is 881. The number of aromatic nitrogens is 1. The third kappa shape index (κ3) is 3.16. The van der Waals surface area contributed by atoms with Crippen molar-refractivity contribution < 1.29 is 19.4 Å². The third-order valence-corrected chi connectivity index (χ3v) is 5.59. The smallest absolute Gasteiger partial charge is 0.308 e. The number of nitrogens with zero attached hydrogens (tertiary/aromatic N) is 2. The van der Waals surface area contributed by atoms with Crippen LogP contribution in [0, 0.1) is 5.92 Å². The predicted molar refractivity (Wildman–Crippen MR) is 99.0 cm³/mol. The molecule has 2 aromatic rings. The summed E-state index contributed by atoms with van der Waals surface area (Å²) in [5.41, 5.74) is 3.46. The summed E-state index contributed by atoms with van der Waals surface area (Å²) in [4.78, 5) is 31.1. The number of benzene rings is 1. The van der Waals surface area contributed by atoms with Crippen LogP contribution in [0.4, 0.5) is 0 Å². The highest BCUT2D eigenvalue weighted by atomic mass is 16.5. The lowest BCUT2D eigenvalue weighted by molar-refractivity contribution is -0.141. The molecule has 0 bridgehead atoms. The Morgan fingerprint density at radius 1 is 1.19 bits per heavy atom. The number of hydrogen-bond acceptors (Lipinski definition) is 4. The molecule has 2 atom stereocenters. The van der Waals surface area contributed by atoms with E-state index in [-0.39, 0.29) is 18.4 Å². The van der Waals surface area contributed by atoms with Crippen LogP contribution in [0.1, 0.15) is 39.5 Å². The molecule has 27 heavy (non-hydrogen) atoms. The minimum Gasteiger partial charge on any atom is -0.481 e. The van der Waals surface area contributed by atoms with E-state index in [1.807, 2.05) is 36.4 Å². The Morgan fingerprint density at radius 2 is 1.96 bits per heavy atom. The van der Waals surface area contributed by atoms with Gasteiger partial charge in [-0.25, -0.2) is 4.98 Å². The Morgan fingerprint density at radius 3 is 2.67 bits per heavy atom. The first-order chi connectivity index (χ1) is 13.1. The van der Waals surface area contributed by atoms with E-state index >= 15 is 0 Å². The van der Waals surface area contributed by atoms with Gasteiger partial charge in [0.15, 0.2) is 0 Å². The van der Waals surface area contributed by atoms with Gasteiger partial charge in [-0.15, -0.1) is 0 Å². The van der Waals surface area contributed by atoms with Gasteiger partial charge in [0.25, 0.3) is 5.91 Å². The van der Waals surface area contributed by atoms with Crippen molar-refractivity contribution >= 4 is 11.9 Å². The monoisotopic (exact) mass is 366 g/mol. The predicted octanol–water partition coefficient (Wildman–Crippen LogP) is 2.52. The number of hydrogen-bond donors (Lipinski definition) is 1. The van der Waals surface area contributed by atoms with E-state index in [9.17, 15) is 14.7 Å². The zero-order valence-electron chi connectivity index (χ0n) is 15.2. The number of fused-ring (bicyclic) bond motifs is 1. The van der Waals surface area contributed by atoms with Gasteiger partial charge in [-0.3, -0.25) is 9.59 Å². The average Bonchev–Trinajstić information content (AvgIpc) is 3.33. The Labute approximate surface area is 157 Å². The maximum atomic E-state index is 13.2. The van der Waals surface area contributed by atoms with Crippen molar-refractivity contribution in [2.75, 3.05) is 20.2 Å². The highest BCUT2D eigenvalue weighted by Crippen LogP contribution is 2.35. The first-order valence-corrected chi connectivity index (χ1v) is 9.22. The number of aliphatic carboxylic acids is 1. The lowest BCUT2D eigenvalue weighted by atomic mass is 9.89. The molecule has 6 heteroatoms. The number of carboxylic acids is 1. The summed E-state index contributed by atoms with van der Waals surface area (Å²) in [5.74, 6) is -1.60. The van der Waals surface area contributed by atoms with E-state index in [0.717, 1.165) is 36.1 Å². The first-order valence-electron chi connectivity index (χ1n) is 9.22. The number of aryl methyl sites for hydroxylation is 2. The molecule has 2 aliphatic rings. The minimum absolute atomic E-state index is 0.188. The topological polar surface area (TPSA) is 79.7 Å². The molecule has 0 unspecified atom stereocenters. The summed E-state index contributed by atoms with van der Waals surface area (Å²) in [6, 6.07) is 11.4. The molecule has 1 aliphatic heterocycles. The number of amides is 1. The van der Waals surface area contributed by atoms with Crippen LogP contribution in [0.2, 0.25) is 0 Å². The molecule has 6 nitrogen and oxygen atoms in total. The van der Waals surface area contributed by atoms with Crippen LogP contribution < -0.4 is 4.74 Å². The third-order valence-electron chi connectivity index (χ3n) is 5.59. The largest absolute Gasteiger partial charge is 0.481 e. The molecule has 4 rings (SSSR count). The fourth-order valence-electron chi connectivity index (χ4n) is 4.19. The van der Waals surface area contributed by atoms with Crippen molar-refractivity contribution in [2.24, 2.45) is 5.92 Å². The fourth-order valence-corrected chi connectivity index (χ4v) is 4.19. The van der Waals surface area contributed by atoms with Crippen molar-refractivity contribution in [1.29, 1.82) is 0 Å². The molecule has 1 amide bonds. The SMILES string of the molecule is COc1nc2c(cc1C(=O)N1C[C@H](C(=O)O)[C@@H](c3ccccc3)C1)CCC2. The van der Waals surface area contributed by atoms with Gasteiger partial charge >= 0.3 is 5.97 Å². The number of rotatable bonds is 4. The quantitative estimate of drug-likeness (QED) is 0.899. The Balaban J connectivity index is 1.64. The lowest BCUT2D eigenvalue weighted by Gasteiger charge is -2.18. The summed E-state index contributed by atoms with van der Waals surface area (Å²) < 4.78 is 5.36. The van der Waals surface area contributed by atoms with Gasteiger partial charge in [-0.2, -0.15) is 0 Å². The van der Waals surface area contributed by atoms with Crippen molar-refractivity contribution in [3.05, 3.63) is 58.8 Å². The maximum Gasteiger partial charge on any atom is 0.308 e. The zero-order chi connectivity index (χ0) is 19.0. The van der Waals surface area contributed by atoms with E-state index in [1.165, 1.54) is 7.11 Å². The number of carbonyl (C=O) groups is 2. The second-order valence-corrected chi connectivity index (χ2v) is 7.18. The van der Waals surface area contributed by atoms with Crippen LogP contribution in [0.25, 0.3) is 0 Å². The van der Waals surface area contributed by atoms with Crippen molar-refractivity contribution in [1.82, 2.24) is 9.88 Å². The molecule has 1 aliphatic carbocycles. The number of carbonyl (C=O) groups excluding carboxylic acids is 1. The summed E-state index contributed by atoms with van der Waals surface area (Å²) in [6.07, 6.45) is 2.85. The fraction of sp³-hybridized carbons (Fsp3) is 0.381. The van der Waals surface area contributed by atoms with Gasteiger partial charge in [-0.1, -0.05) is 30.3 Å². The normalized spacial score (nSPS) is 21.1. The van der Waals surface area contributed by atoms with Crippen LogP contribution in [-0.2, 0) is 17.6 Å². The van der Waals surface area contributed by atoms with Crippen molar-refractivity contribution in [3.63, 3.8) is 0 Å². The van der Waals surface area contributed by atoms with Crippen molar-refractivity contribution in [3.8, 4) is 5.88 Å². The van der Waals surface area contributed by atoms with Gasteiger partial charge in [-0.05, 0) is 36.5 Å². The molecule has 2 heterocycles. The number of carboxylic acid groups (broad SMARTS) is 1. The number of likely N-dealkylation sites (tertiary alicyclic amines) is 1. The van der Waals surface area contributed by atoms with E-state index in [0.29, 0.717) is 18.0 Å². The molecule has 140 valence electrons. The Kier molecular flexibility index (Phi) is 4.56. The summed E-state index contributed by atoms with van der Waals surface area (Å²) >= 11 is 0. The van der Waals surface area contributed by atoms with Crippen molar-refractivity contribution in [2.45, 2.75) is 25.2 Å². The van der Waals surface area contributed by atoms with E-state index in [4.69, 9.17) is 4.74 Å². The number of ether oxygens (including phenoxy) is 1. The van der Waals surface area contributed by atoms with Gasteiger partial charge in [0.1, 0.15) is 5.56 Å². The second kappa shape index (κ2) is 7.02. The summed E-state index contributed by atoms with van der Waals surface area (Å²) in [6.45, 7) is 0.564. The average molecular weight is 366 g/mol. The molecule has 1 saturated heterocycles. The second-order valence-electron chi connectivity index (χ2n) is 7.18. The van der Waals surface area contributed by atoms with Crippen LogP contribution in [0.3, 0.4) is 0 Å². The maximum absolute atomic E-state index is 13.2. The van der Waals surface area contributed by atoms with Crippen LogP contribution in [0.5, 0.6) is 5.88 Å². The molecule has 0 saturated carbocycles. The highest BCUT2D eigenvalue weighted by molar-refractivity contribution is 5.97. The van der Waals surface area contributed by atoms with E-state index in [1.54, 1.807) is 4.90 Å². The highest BCUT2D eigenvalue weighted by Gasteiger charge is 2.41. The van der Waals surface area contributed by atoms with E-state index < -0.39 is 11.9 Å². The molecule has 1 aromatic carbocycles. The van der Waals surface area contributed by atoms with Crippen LogP contribution >= 0.6 is 0 Å². The van der Waals surface area contributed by atoms with Gasteiger partial charge in [0.2, 0.25) is 5.88 Å². The molecule has 0 spiro atoms. The summed E-state index contributed by atoms with van der Waals surface area (Å²) in [7, 11) is 1.51. The minimum atomic E-state index is -0.877. The van der Waals surface area contributed by atoms with Crippen LogP contribution in [-0.4, -0.2) is 47.1 Å². The standard InChI is InChI=1S/C21H22N2O4/c1-27-19-15(10-14-8-5-9-18(14)22-19)20(24)23-11-16(17(12-23)21(25)26)13-6-3-2-4-7-13/h2-4,6-7,10,16-17H,5,8-9,11-12H2,1H3,(H,25,26)/t16-,17+/m1/s1. The number of methoxy groups -OCH3 is 1. The first kappa shape index (κ1) is 17.5. The van der Waals surface area contributed by atoms with E-state index in [2.05, 4.69) is 4.98 Å². The Hall–Kier alpha value is -2.89. The van der Waals surface area contributed by atoms with Gasteiger partial charge < -0.3 is 14.7 Å². The van der Waals surface area contributed by atoms with Gasteiger partial charge in [0, 0.05) is 24.7 Å². The summed E-state index contributed by atoms with van der Waals surface area (Å²) in [5, 5.41) is 9.67. The molecule has 1 fully saturated rings. The van der Waals surface area contributed by atoms with Crippen LogP contribution in [0.15, 0.2) is 36.4 Å². The molecule has 1 N–H and O–H groups in total. The van der Waals surface area contributed by atoms with Gasteiger partial charge in [0.05, 0.1) is 13.0 Å². The number of pyridine rings is 1. The molecular weight excluding hydrogens is 344 g/mol. The zero-order valence-corrected chi connectivity index (χ0v) is 15.2. The molecule has 0 radical (unpaired) electrons. The molecule has 1 aromatic heterocycles. The molecular formula is C21H22N2O4.